The molecule has 0 unspecified atom stereocenters. The number of fused-ring (bicyclic) bond motifs is 10. The topological polar surface area (TPSA) is 26.3 Å². The highest BCUT2D eigenvalue weighted by Crippen LogP contribution is 2.48. The summed E-state index contributed by atoms with van der Waals surface area (Å²) in [7, 11) is 0. The molecule has 3 aromatic heterocycles. The number of hydrogen-bond acceptors (Lipinski definition) is 3. The third kappa shape index (κ3) is 3.17. The van der Waals surface area contributed by atoms with Crippen LogP contribution in [0.5, 0.6) is 0 Å². The van der Waals surface area contributed by atoms with E-state index < -0.39 is 0 Å². The average Bonchev–Trinajstić information content (AvgIpc) is 3.78. The normalized spacial score (nSPS) is 12.2. The van der Waals surface area contributed by atoms with E-state index in [0.717, 1.165) is 38.5 Å². The standard InChI is InChI=1S/C40H22O2S/c1-3-11-29-27(9-1)36(24-17-18-25-31-19-16-23-20-21-41-38(23)39(31)42-34(25)22-24)28-10-2-4-12-30(28)37(29)33-14-7-13-32-26-8-5-6-15-35(26)43-40(32)33/h1-22H. The van der Waals surface area contributed by atoms with E-state index in [2.05, 4.69) is 121 Å². The Hall–Kier alpha value is -5.38. The molecule has 0 radical (unpaired) electrons. The van der Waals surface area contributed by atoms with Gasteiger partial charge in [-0.25, -0.2) is 0 Å². The summed E-state index contributed by atoms with van der Waals surface area (Å²) in [6.45, 7) is 0. The van der Waals surface area contributed by atoms with E-state index in [9.17, 15) is 0 Å². The lowest BCUT2D eigenvalue weighted by Crippen LogP contribution is -1.91. The van der Waals surface area contributed by atoms with Gasteiger partial charge in [0.1, 0.15) is 5.58 Å². The van der Waals surface area contributed by atoms with Gasteiger partial charge in [0.15, 0.2) is 11.2 Å². The molecule has 0 spiro atoms. The summed E-state index contributed by atoms with van der Waals surface area (Å²) in [6, 6.07) is 46.0. The molecule has 7 aromatic carbocycles. The van der Waals surface area contributed by atoms with Crippen molar-refractivity contribution in [2.45, 2.75) is 0 Å². The molecule has 10 aromatic rings. The molecule has 0 saturated carbocycles. The van der Waals surface area contributed by atoms with Gasteiger partial charge in [0.2, 0.25) is 0 Å². The van der Waals surface area contributed by atoms with Crippen LogP contribution in [0.15, 0.2) is 142 Å². The maximum atomic E-state index is 6.49. The van der Waals surface area contributed by atoms with Crippen LogP contribution in [0.1, 0.15) is 0 Å². The maximum Gasteiger partial charge on any atom is 0.178 e. The molecular weight excluding hydrogens is 545 g/mol. The number of furan rings is 2. The monoisotopic (exact) mass is 566 g/mol. The summed E-state index contributed by atoms with van der Waals surface area (Å²) < 4.78 is 14.9. The molecule has 2 nitrogen and oxygen atoms in total. The fraction of sp³-hybridized carbons (Fsp3) is 0. The summed E-state index contributed by atoms with van der Waals surface area (Å²) in [5.74, 6) is 0. The van der Waals surface area contributed by atoms with Crippen LogP contribution < -0.4 is 0 Å². The van der Waals surface area contributed by atoms with Crippen molar-refractivity contribution in [3.05, 3.63) is 134 Å². The predicted octanol–water partition coefficient (Wildman–Crippen LogP) is 12.3. The van der Waals surface area contributed by atoms with E-state index in [0.29, 0.717) is 0 Å². The highest BCUT2D eigenvalue weighted by atomic mass is 32.1. The Morgan fingerprint density at radius 3 is 1.93 bits per heavy atom. The first-order valence-corrected chi connectivity index (χ1v) is 15.3. The SMILES string of the molecule is c1ccc2c(c1)sc1c(-c3c4ccccc4c(-c4ccc5c(c4)oc4c5ccc5ccoc54)c4ccccc34)cccc12. The van der Waals surface area contributed by atoms with Crippen molar-refractivity contribution in [3.8, 4) is 22.3 Å². The molecule has 3 heterocycles. The Labute approximate surface area is 250 Å². The van der Waals surface area contributed by atoms with Gasteiger partial charge in [0, 0.05) is 41.9 Å². The molecule has 10 rings (SSSR count). The van der Waals surface area contributed by atoms with Crippen molar-refractivity contribution in [1.82, 2.24) is 0 Å². The molecular formula is C40H22O2S. The number of benzene rings is 7. The van der Waals surface area contributed by atoms with Crippen molar-refractivity contribution in [1.29, 1.82) is 0 Å². The summed E-state index contributed by atoms with van der Waals surface area (Å²) in [5, 5.41) is 10.8. The highest BCUT2D eigenvalue weighted by Gasteiger charge is 2.20. The summed E-state index contributed by atoms with van der Waals surface area (Å²) in [4.78, 5) is 0. The van der Waals surface area contributed by atoms with Crippen LogP contribution in [0.4, 0.5) is 0 Å². The molecule has 0 amide bonds. The van der Waals surface area contributed by atoms with Crippen LogP contribution in [0.2, 0.25) is 0 Å². The predicted molar refractivity (Wildman–Crippen MR) is 182 cm³/mol. The first-order valence-electron chi connectivity index (χ1n) is 14.5. The van der Waals surface area contributed by atoms with Crippen molar-refractivity contribution >= 4 is 86.0 Å². The van der Waals surface area contributed by atoms with Gasteiger partial charge in [-0.2, -0.15) is 0 Å². The third-order valence-electron chi connectivity index (χ3n) is 8.95. The van der Waals surface area contributed by atoms with Crippen molar-refractivity contribution in [3.63, 3.8) is 0 Å². The van der Waals surface area contributed by atoms with E-state index in [1.807, 2.05) is 17.4 Å². The molecule has 0 aliphatic heterocycles. The smallest absolute Gasteiger partial charge is 0.178 e. The molecule has 3 heteroatoms. The average molecular weight is 567 g/mol. The zero-order valence-corrected chi connectivity index (χ0v) is 23.7. The van der Waals surface area contributed by atoms with Gasteiger partial charge in [0.05, 0.1) is 6.26 Å². The van der Waals surface area contributed by atoms with Crippen LogP contribution in [0, 0.1) is 0 Å². The molecule has 0 fully saturated rings. The van der Waals surface area contributed by atoms with Gasteiger partial charge >= 0.3 is 0 Å². The van der Waals surface area contributed by atoms with Gasteiger partial charge in [-0.05, 0) is 68.6 Å². The Kier molecular flexibility index (Phi) is 4.63. The lowest BCUT2D eigenvalue weighted by Gasteiger charge is -2.18. The summed E-state index contributed by atoms with van der Waals surface area (Å²) >= 11 is 1.89. The van der Waals surface area contributed by atoms with Crippen LogP contribution in [0.3, 0.4) is 0 Å². The second-order valence-electron chi connectivity index (χ2n) is 11.2. The zero-order chi connectivity index (χ0) is 28.1. The number of thiophene rings is 1. The van der Waals surface area contributed by atoms with Gasteiger partial charge in [0.25, 0.3) is 0 Å². The fourth-order valence-corrected chi connectivity index (χ4v) is 8.31. The largest absolute Gasteiger partial charge is 0.460 e. The number of rotatable bonds is 2. The first kappa shape index (κ1) is 23.2. The minimum atomic E-state index is 0.797. The van der Waals surface area contributed by atoms with E-state index in [1.165, 1.54) is 58.4 Å². The minimum absolute atomic E-state index is 0.797. The van der Waals surface area contributed by atoms with Gasteiger partial charge in [-0.15, -0.1) is 11.3 Å². The third-order valence-corrected chi connectivity index (χ3v) is 10.2. The molecule has 0 atom stereocenters. The van der Waals surface area contributed by atoms with E-state index in [4.69, 9.17) is 8.83 Å². The fourth-order valence-electron chi connectivity index (χ4n) is 7.09. The Morgan fingerprint density at radius 2 is 1.14 bits per heavy atom. The number of hydrogen-bond donors (Lipinski definition) is 0. The molecule has 0 bridgehead atoms. The second kappa shape index (κ2) is 8.57. The molecule has 43 heavy (non-hydrogen) atoms. The van der Waals surface area contributed by atoms with Gasteiger partial charge in [-0.1, -0.05) is 97.1 Å². The Balaban J connectivity index is 1.30. The van der Waals surface area contributed by atoms with E-state index >= 15 is 0 Å². The zero-order valence-electron chi connectivity index (χ0n) is 22.9. The van der Waals surface area contributed by atoms with Crippen LogP contribution >= 0.6 is 11.3 Å². The Morgan fingerprint density at radius 1 is 0.465 bits per heavy atom. The van der Waals surface area contributed by atoms with Crippen LogP contribution in [0.25, 0.3) is 96.9 Å². The minimum Gasteiger partial charge on any atom is -0.460 e. The molecule has 0 N–H and O–H groups in total. The summed E-state index contributed by atoms with van der Waals surface area (Å²) in [5.41, 5.74) is 7.40. The van der Waals surface area contributed by atoms with E-state index in [-0.39, 0.29) is 0 Å². The van der Waals surface area contributed by atoms with Crippen molar-refractivity contribution in [2.75, 3.05) is 0 Å². The molecule has 0 aliphatic rings. The van der Waals surface area contributed by atoms with Crippen molar-refractivity contribution in [2.24, 2.45) is 0 Å². The summed E-state index contributed by atoms with van der Waals surface area (Å²) in [6.07, 6.45) is 1.72. The van der Waals surface area contributed by atoms with Gasteiger partial charge in [-0.3, -0.25) is 0 Å². The quantitative estimate of drug-likeness (QED) is 0.195. The highest BCUT2D eigenvalue weighted by molar-refractivity contribution is 7.26. The molecule has 200 valence electrons. The first-order chi connectivity index (χ1) is 21.3. The second-order valence-corrected chi connectivity index (χ2v) is 12.3. The van der Waals surface area contributed by atoms with Crippen LogP contribution in [-0.2, 0) is 0 Å². The molecule has 0 saturated heterocycles. The maximum absolute atomic E-state index is 6.49. The lowest BCUT2D eigenvalue weighted by molar-refractivity contribution is 0.600. The Bertz CT molecular complexity index is 2680. The van der Waals surface area contributed by atoms with Crippen molar-refractivity contribution < 1.29 is 8.83 Å². The van der Waals surface area contributed by atoms with Gasteiger partial charge < -0.3 is 8.83 Å². The molecule has 0 aliphatic carbocycles. The van der Waals surface area contributed by atoms with Crippen LogP contribution in [-0.4, -0.2) is 0 Å². The van der Waals surface area contributed by atoms with E-state index in [1.54, 1.807) is 6.26 Å². The lowest BCUT2D eigenvalue weighted by atomic mass is 9.85.